The summed E-state index contributed by atoms with van der Waals surface area (Å²) in [7, 11) is 1.92. The number of nitriles is 1. The number of aryl methyl sites for hydroxylation is 2. The van der Waals surface area contributed by atoms with Crippen molar-refractivity contribution in [2.75, 3.05) is 19.6 Å². The molecule has 2 aromatic rings. The summed E-state index contributed by atoms with van der Waals surface area (Å²) < 4.78 is 1.89. The monoisotopic (exact) mass is 392 g/mol. The second-order valence-electron chi connectivity index (χ2n) is 8.67. The van der Waals surface area contributed by atoms with E-state index in [0.717, 1.165) is 56.8 Å². The minimum atomic E-state index is 0.150. The average Bonchev–Trinajstić information content (AvgIpc) is 3.06. The van der Waals surface area contributed by atoms with Gasteiger partial charge in [-0.1, -0.05) is 0 Å². The molecule has 0 saturated carbocycles. The van der Waals surface area contributed by atoms with Gasteiger partial charge in [-0.3, -0.25) is 19.7 Å². The van der Waals surface area contributed by atoms with Crippen molar-refractivity contribution in [2.24, 2.45) is 12.5 Å². The molecule has 2 aliphatic heterocycles. The molecule has 0 unspecified atom stereocenters. The quantitative estimate of drug-likeness (QED) is 0.798. The zero-order valence-corrected chi connectivity index (χ0v) is 17.3. The number of nitrogens with zero attached hydrogens (tertiary/aromatic N) is 6. The zero-order valence-electron chi connectivity index (χ0n) is 17.3. The van der Waals surface area contributed by atoms with Crippen molar-refractivity contribution in [1.29, 1.82) is 5.26 Å². The first kappa shape index (κ1) is 19.6. The van der Waals surface area contributed by atoms with Crippen LogP contribution in [-0.4, -0.2) is 49.9 Å². The molecule has 7 nitrogen and oxygen atoms in total. The Hall–Kier alpha value is -2.72. The Morgan fingerprint density at radius 2 is 2.07 bits per heavy atom. The lowest BCUT2D eigenvalue weighted by Crippen LogP contribution is -2.53. The molecular weight excluding hydrogens is 364 g/mol. The average molecular weight is 393 g/mol. The Bertz CT molecular complexity index is 928. The minimum Gasteiger partial charge on any atom is -0.342 e. The first-order valence-electron chi connectivity index (χ1n) is 10.3. The number of likely N-dealkylation sites (tertiary alicyclic amines) is 2. The number of hydrogen-bond donors (Lipinski definition) is 0. The van der Waals surface area contributed by atoms with Crippen LogP contribution in [0.3, 0.4) is 0 Å². The van der Waals surface area contributed by atoms with Crippen molar-refractivity contribution in [1.82, 2.24) is 24.3 Å². The number of rotatable bonds is 4. The van der Waals surface area contributed by atoms with Gasteiger partial charge in [0.15, 0.2) is 0 Å². The summed E-state index contributed by atoms with van der Waals surface area (Å²) in [6, 6.07) is 4.22. The van der Waals surface area contributed by atoms with Crippen molar-refractivity contribution < 1.29 is 4.79 Å². The molecule has 0 radical (unpaired) electrons. The molecule has 0 aromatic carbocycles. The lowest BCUT2D eigenvalue weighted by atomic mass is 9.73. The minimum absolute atomic E-state index is 0.150. The van der Waals surface area contributed by atoms with Crippen LogP contribution in [-0.2, 0) is 24.9 Å². The van der Waals surface area contributed by atoms with Crippen molar-refractivity contribution in [2.45, 2.75) is 45.7 Å². The van der Waals surface area contributed by atoms with E-state index >= 15 is 0 Å². The fraction of sp³-hybridized carbons (Fsp3) is 0.545. The molecule has 4 heterocycles. The van der Waals surface area contributed by atoms with Gasteiger partial charge in [-0.05, 0) is 44.4 Å². The molecule has 0 bridgehead atoms. The highest BCUT2D eigenvalue weighted by atomic mass is 16.2. The predicted octanol–water partition coefficient (Wildman–Crippen LogP) is 2.40. The second kappa shape index (κ2) is 7.96. The van der Waals surface area contributed by atoms with E-state index in [1.165, 1.54) is 5.56 Å². The van der Waals surface area contributed by atoms with Crippen molar-refractivity contribution in [3.63, 3.8) is 0 Å². The first-order chi connectivity index (χ1) is 14.0. The summed E-state index contributed by atoms with van der Waals surface area (Å²) in [6.07, 6.45) is 9.45. The van der Waals surface area contributed by atoms with E-state index in [2.05, 4.69) is 20.9 Å². The summed E-state index contributed by atoms with van der Waals surface area (Å²) in [6.45, 7) is 6.16. The topological polar surface area (TPSA) is 78.0 Å². The van der Waals surface area contributed by atoms with Crippen LogP contribution in [0.15, 0.2) is 24.7 Å². The van der Waals surface area contributed by atoms with Gasteiger partial charge >= 0.3 is 0 Å². The van der Waals surface area contributed by atoms with Crippen LogP contribution in [0.2, 0.25) is 0 Å². The maximum absolute atomic E-state index is 12.6. The van der Waals surface area contributed by atoms with Crippen LogP contribution in [0.5, 0.6) is 0 Å². The molecule has 0 aliphatic carbocycles. The molecule has 2 aromatic heterocycles. The predicted molar refractivity (Wildman–Crippen MR) is 108 cm³/mol. The van der Waals surface area contributed by atoms with Crippen molar-refractivity contribution in [3.05, 3.63) is 47.3 Å². The third-order valence-corrected chi connectivity index (χ3v) is 6.26. The smallest absolute Gasteiger partial charge is 0.222 e. The van der Waals surface area contributed by atoms with Gasteiger partial charge in [0, 0.05) is 50.9 Å². The maximum Gasteiger partial charge on any atom is 0.222 e. The fourth-order valence-electron chi connectivity index (χ4n) is 4.81. The third-order valence-electron chi connectivity index (χ3n) is 6.26. The molecule has 4 rings (SSSR count). The molecule has 152 valence electrons. The van der Waals surface area contributed by atoms with Crippen LogP contribution in [0.25, 0.3) is 0 Å². The van der Waals surface area contributed by atoms with Gasteiger partial charge in [-0.25, -0.2) is 0 Å². The second-order valence-corrected chi connectivity index (χ2v) is 8.67. The molecule has 29 heavy (non-hydrogen) atoms. The number of amides is 1. The van der Waals surface area contributed by atoms with Gasteiger partial charge in [0.05, 0.1) is 24.1 Å². The van der Waals surface area contributed by atoms with E-state index < -0.39 is 0 Å². The Morgan fingerprint density at radius 3 is 2.79 bits per heavy atom. The Labute approximate surface area is 172 Å². The standard InChI is InChI=1S/C22H28N6O/c1-17-10-25-19(11-24-17)14-28-16-22(6-4-21(28)29)5-3-7-27(15-22)13-18-8-20(9-23)26(2)12-18/h8,10-12H,3-7,13-16H2,1-2H3/t22-/m0/s1. The van der Waals surface area contributed by atoms with E-state index in [1.54, 1.807) is 12.4 Å². The number of hydrogen-bond acceptors (Lipinski definition) is 5. The highest BCUT2D eigenvalue weighted by Gasteiger charge is 2.41. The van der Waals surface area contributed by atoms with Crippen LogP contribution >= 0.6 is 0 Å². The van der Waals surface area contributed by atoms with Gasteiger partial charge in [-0.15, -0.1) is 0 Å². The molecule has 1 amide bonds. The molecular formula is C22H28N6O. The number of aromatic nitrogens is 3. The van der Waals surface area contributed by atoms with Crippen molar-refractivity contribution in [3.8, 4) is 6.07 Å². The normalized spacial score (nSPS) is 22.8. The first-order valence-corrected chi connectivity index (χ1v) is 10.3. The van der Waals surface area contributed by atoms with Crippen LogP contribution in [0, 0.1) is 23.7 Å². The summed E-state index contributed by atoms with van der Waals surface area (Å²) in [5, 5.41) is 9.20. The van der Waals surface area contributed by atoms with Gasteiger partial charge < -0.3 is 9.47 Å². The van der Waals surface area contributed by atoms with Gasteiger partial charge in [-0.2, -0.15) is 5.26 Å². The largest absolute Gasteiger partial charge is 0.342 e. The summed E-state index contributed by atoms with van der Waals surface area (Å²) >= 11 is 0. The number of carbonyl (C=O) groups is 1. The highest BCUT2D eigenvalue weighted by Crippen LogP contribution is 2.39. The van der Waals surface area contributed by atoms with E-state index in [0.29, 0.717) is 18.7 Å². The van der Waals surface area contributed by atoms with Gasteiger partial charge in [0.25, 0.3) is 0 Å². The lowest BCUT2D eigenvalue weighted by Gasteiger charge is -2.48. The van der Waals surface area contributed by atoms with Gasteiger partial charge in [0.1, 0.15) is 11.8 Å². The van der Waals surface area contributed by atoms with E-state index in [4.69, 9.17) is 0 Å². The SMILES string of the molecule is Cc1cnc(CN2C[C@@]3(CCCN(Cc4cc(C#N)n(C)c4)C3)CCC2=O)cn1. The summed E-state index contributed by atoms with van der Waals surface area (Å²) in [5.74, 6) is 0.219. The van der Waals surface area contributed by atoms with E-state index in [9.17, 15) is 10.1 Å². The van der Waals surface area contributed by atoms with Crippen LogP contribution < -0.4 is 0 Å². The molecule has 1 atom stereocenters. The number of piperidine rings is 2. The van der Waals surface area contributed by atoms with Crippen LogP contribution in [0.1, 0.15) is 48.3 Å². The highest BCUT2D eigenvalue weighted by molar-refractivity contribution is 5.77. The van der Waals surface area contributed by atoms with Crippen LogP contribution in [0.4, 0.5) is 0 Å². The van der Waals surface area contributed by atoms with E-state index in [1.807, 2.05) is 35.7 Å². The number of carbonyl (C=O) groups excluding carboxylic acids is 1. The molecule has 2 fully saturated rings. The molecule has 7 heteroatoms. The van der Waals surface area contributed by atoms with Crippen molar-refractivity contribution >= 4 is 5.91 Å². The fourth-order valence-corrected chi connectivity index (χ4v) is 4.81. The lowest BCUT2D eigenvalue weighted by molar-refractivity contribution is -0.140. The maximum atomic E-state index is 12.6. The molecule has 2 saturated heterocycles. The Kier molecular flexibility index (Phi) is 5.37. The van der Waals surface area contributed by atoms with Gasteiger partial charge in [0.2, 0.25) is 5.91 Å². The Balaban J connectivity index is 1.44. The molecule has 2 aliphatic rings. The molecule has 0 N–H and O–H groups in total. The summed E-state index contributed by atoms with van der Waals surface area (Å²) in [5.41, 5.74) is 3.76. The molecule has 1 spiro atoms. The van der Waals surface area contributed by atoms with E-state index in [-0.39, 0.29) is 11.3 Å². The summed E-state index contributed by atoms with van der Waals surface area (Å²) in [4.78, 5) is 25.8. The Morgan fingerprint density at radius 1 is 1.21 bits per heavy atom. The zero-order chi connectivity index (χ0) is 20.4. The third kappa shape index (κ3) is 4.33.